The predicted molar refractivity (Wildman–Crippen MR) is 74.2 cm³/mol. The highest BCUT2D eigenvalue weighted by atomic mass is 16.3. The van der Waals surface area contributed by atoms with Crippen molar-refractivity contribution in [2.24, 2.45) is 0 Å². The van der Waals surface area contributed by atoms with Crippen LogP contribution >= 0.6 is 0 Å². The Morgan fingerprint density at radius 3 is 2.26 bits per heavy atom. The lowest BCUT2D eigenvalue weighted by Crippen LogP contribution is -2.35. The minimum absolute atomic E-state index is 0.0628. The fraction of sp³-hybridized carbons (Fsp3) is 0. The first kappa shape index (κ1) is 12.7. The fourth-order valence-corrected chi connectivity index (χ4v) is 1.58. The fourth-order valence-electron chi connectivity index (χ4n) is 1.58. The topological polar surface area (TPSA) is 61.4 Å². The second-order valence-corrected chi connectivity index (χ2v) is 3.94. The van der Waals surface area contributed by atoms with Crippen molar-refractivity contribution < 1.29 is 9.90 Å². The molecule has 4 nitrogen and oxygen atoms in total. The number of hydrogen-bond acceptors (Lipinski definition) is 3. The molecule has 0 unspecified atom stereocenters. The van der Waals surface area contributed by atoms with E-state index in [-0.39, 0.29) is 11.3 Å². The van der Waals surface area contributed by atoms with Crippen LogP contribution in [-0.4, -0.2) is 11.0 Å². The van der Waals surface area contributed by atoms with Gasteiger partial charge in [0.05, 0.1) is 11.3 Å². The van der Waals surface area contributed by atoms with Crippen LogP contribution in [0.1, 0.15) is 15.9 Å². The van der Waals surface area contributed by atoms with Gasteiger partial charge in [0.25, 0.3) is 5.91 Å². The highest BCUT2D eigenvalue weighted by Crippen LogP contribution is 2.15. The van der Waals surface area contributed by atoms with Gasteiger partial charge < -0.3 is 5.11 Å². The number of carbonyl (C=O) groups is 1. The Labute approximate surface area is 111 Å². The van der Waals surface area contributed by atoms with Gasteiger partial charge in [0.1, 0.15) is 5.75 Å². The summed E-state index contributed by atoms with van der Waals surface area (Å²) in [4.78, 5) is 11.8. The van der Waals surface area contributed by atoms with E-state index in [0.717, 1.165) is 5.56 Å². The van der Waals surface area contributed by atoms with E-state index in [1.807, 2.05) is 30.3 Å². The van der Waals surface area contributed by atoms with E-state index in [4.69, 9.17) is 0 Å². The molecule has 0 atom stereocenters. The molecule has 1 amide bonds. The number of aromatic hydroxyl groups is 1. The zero-order valence-electron chi connectivity index (χ0n) is 10.3. The van der Waals surface area contributed by atoms with Crippen LogP contribution in [0, 0.1) is 0 Å². The summed E-state index contributed by atoms with van der Waals surface area (Å²) in [5.41, 5.74) is 6.86. The number of benzene rings is 2. The van der Waals surface area contributed by atoms with Crippen LogP contribution in [0.5, 0.6) is 5.75 Å². The number of hydrazine groups is 1. The molecule has 0 aromatic heterocycles. The molecule has 19 heavy (non-hydrogen) atoms. The number of rotatable bonds is 4. The van der Waals surface area contributed by atoms with Gasteiger partial charge in [-0.2, -0.15) is 0 Å². The number of carbonyl (C=O) groups excluding carboxylic acids is 1. The van der Waals surface area contributed by atoms with Crippen LogP contribution in [0.2, 0.25) is 0 Å². The summed E-state index contributed by atoms with van der Waals surface area (Å²) >= 11 is 0. The maximum absolute atomic E-state index is 11.8. The van der Waals surface area contributed by atoms with Crippen molar-refractivity contribution in [1.82, 2.24) is 10.9 Å². The maximum atomic E-state index is 11.8. The van der Waals surface area contributed by atoms with Crippen LogP contribution in [0.3, 0.4) is 0 Å². The van der Waals surface area contributed by atoms with E-state index in [9.17, 15) is 9.90 Å². The molecule has 2 aromatic carbocycles. The third-order valence-electron chi connectivity index (χ3n) is 2.60. The molecule has 2 rings (SSSR count). The van der Waals surface area contributed by atoms with E-state index in [0.29, 0.717) is 5.70 Å². The van der Waals surface area contributed by atoms with Crippen LogP contribution in [-0.2, 0) is 0 Å². The van der Waals surface area contributed by atoms with Crippen LogP contribution in [0.15, 0.2) is 61.2 Å². The average Bonchev–Trinajstić information content (AvgIpc) is 2.46. The van der Waals surface area contributed by atoms with E-state index in [1.54, 1.807) is 12.1 Å². The molecular weight excluding hydrogens is 240 g/mol. The second-order valence-electron chi connectivity index (χ2n) is 3.94. The normalized spacial score (nSPS) is 9.68. The molecule has 0 saturated heterocycles. The van der Waals surface area contributed by atoms with Crippen molar-refractivity contribution in [3.63, 3.8) is 0 Å². The molecule has 3 N–H and O–H groups in total. The number of hydrogen-bond donors (Lipinski definition) is 3. The Balaban J connectivity index is 1.98. The Kier molecular flexibility index (Phi) is 3.83. The second kappa shape index (κ2) is 5.73. The number of amides is 1. The van der Waals surface area contributed by atoms with E-state index < -0.39 is 5.91 Å². The molecule has 0 saturated carbocycles. The molecule has 96 valence electrons. The largest absolute Gasteiger partial charge is 0.507 e. The zero-order valence-corrected chi connectivity index (χ0v) is 10.3. The smallest absolute Gasteiger partial charge is 0.273 e. The van der Waals surface area contributed by atoms with Gasteiger partial charge in [-0.1, -0.05) is 49.0 Å². The molecule has 0 fully saturated rings. The number of phenols is 1. The average molecular weight is 254 g/mol. The van der Waals surface area contributed by atoms with E-state index >= 15 is 0 Å². The molecule has 4 heteroatoms. The van der Waals surface area contributed by atoms with Crippen molar-refractivity contribution in [1.29, 1.82) is 0 Å². The van der Waals surface area contributed by atoms with Gasteiger partial charge in [-0.25, -0.2) is 0 Å². The monoisotopic (exact) mass is 254 g/mol. The molecule has 0 bridgehead atoms. The third-order valence-corrected chi connectivity index (χ3v) is 2.60. The Hall–Kier alpha value is -2.75. The van der Waals surface area contributed by atoms with E-state index in [1.165, 1.54) is 12.1 Å². The van der Waals surface area contributed by atoms with Gasteiger partial charge in [-0.05, 0) is 17.7 Å². The molecule has 0 radical (unpaired) electrons. The van der Waals surface area contributed by atoms with Gasteiger partial charge in [0.15, 0.2) is 0 Å². The molecule has 0 aliphatic rings. The molecule has 0 aliphatic carbocycles. The lowest BCUT2D eigenvalue weighted by Gasteiger charge is -2.11. The third kappa shape index (κ3) is 3.13. The first-order valence-electron chi connectivity index (χ1n) is 5.77. The van der Waals surface area contributed by atoms with Crippen LogP contribution in [0.4, 0.5) is 0 Å². The Bertz CT molecular complexity index is 594. The molecule has 2 aromatic rings. The van der Waals surface area contributed by atoms with Crippen LogP contribution < -0.4 is 10.9 Å². The lowest BCUT2D eigenvalue weighted by atomic mass is 10.2. The van der Waals surface area contributed by atoms with Gasteiger partial charge in [0, 0.05) is 0 Å². The van der Waals surface area contributed by atoms with Gasteiger partial charge >= 0.3 is 0 Å². The lowest BCUT2D eigenvalue weighted by molar-refractivity contribution is 0.0940. The standard InChI is InChI=1S/C15H14N2O2/c1-11(12-7-3-2-4-8-12)16-17-15(19)13-9-5-6-10-14(13)18/h2-10,16,18H,1H2,(H,17,19). The summed E-state index contributed by atoms with van der Waals surface area (Å²) in [7, 11) is 0. The van der Waals surface area contributed by atoms with Crippen molar-refractivity contribution >= 4 is 11.6 Å². The molecular formula is C15H14N2O2. The van der Waals surface area contributed by atoms with Crippen LogP contribution in [0.25, 0.3) is 5.70 Å². The zero-order chi connectivity index (χ0) is 13.7. The quantitative estimate of drug-likeness (QED) is 0.734. The summed E-state index contributed by atoms with van der Waals surface area (Å²) < 4.78 is 0. The van der Waals surface area contributed by atoms with Crippen molar-refractivity contribution in [2.75, 3.05) is 0 Å². The maximum Gasteiger partial charge on any atom is 0.273 e. The first-order chi connectivity index (χ1) is 9.18. The first-order valence-corrected chi connectivity index (χ1v) is 5.77. The Morgan fingerprint density at radius 1 is 0.947 bits per heavy atom. The minimum Gasteiger partial charge on any atom is -0.507 e. The SMILES string of the molecule is C=C(NNC(=O)c1ccccc1O)c1ccccc1. The number of phenolic OH excluding ortho intramolecular Hbond substituents is 1. The summed E-state index contributed by atoms with van der Waals surface area (Å²) in [5, 5.41) is 9.55. The number of para-hydroxylation sites is 1. The van der Waals surface area contributed by atoms with Crippen molar-refractivity contribution in [3.8, 4) is 5.75 Å². The highest BCUT2D eigenvalue weighted by Gasteiger charge is 2.09. The summed E-state index contributed by atoms with van der Waals surface area (Å²) in [6, 6.07) is 15.8. The summed E-state index contributed by atoms with van der Waals surface area (Å²) in [6.45, 7) is 3.82. The van der Waals surface area contributed by atoms with Gasteiger partial charge in [0.2, 0.25) is 0 Å². The minimum atomic E-state index is -0.421. The van der Waals surface area contributed by atoms with Gasteiger partial charge in [-0.15, -0.1) is 0 Å². The van der Waals surface area contributed by atoms with Crippen molar-refractivity contribution in [2.45, 2.75) is 0 Å². The van der Waals surface area contributed by atoms with Crippen molar-refractivity contribution in [3.05, 3.63) is 72.3 Å². The summed E-state index contributed by atoms with van der Waals surface area (Å²) in [6.07, 6.45) is 0. The van der Waals surface area contributed by atoms with Gasteiger partial charge in [-0.3, -0.25) is 15.6 Å². The molecule has 0 heterocycles. The molecule has 0 aliphatic heterocycles. The summed E-state index contributed by atoms with van der Waals surface area (Å²) in [5.74, 6) is -0.484. The number of nitrogens with one attached hydrogen (secondary N) is 2. The Morgan fingerprint density at radius 2 is 1.58 bits per heavy atom. The van der Waals surface area contributed by atoms with E-state index in [2.05, 4.69) is 17.4 Å². The molecule has 0 spiro atoms. The highest BCUT2D eigenvalue weighted by molar-refractivity contribution is 5.96. The predicted octanol–water partition coefficient (Wildman–Crippen LogP) is 2.30.